The number of nitrogens with one attached hydrogen (secondary N) is 1. The summed E-state index contributed by atoms with van der Waals surface area (Å²) in [6.07, 6.45) is 3.60. The summed E-state index contributed by atoms with van der Waals surface area (Å²) in [5.74, 6) is 0.581. The van der Waals surface area contributed by atoms with Crippen LogP contribution in [0.1, 0.15) is 24.8 Å². The van der Waals surface area contributed by atoms with Crippen molar-refractivity contribution in [1.82, 2.24) is 5.32 Å². The van der Waals surface area contributed by atoms with Gasteiger partial charge in [0.25, 0.3) is 0 Å². The van der Waals surface area contributed by atoms with Crippen molar-refractivity contribution < 1.29 is 0 Å². The Hall–Kier alpha value is 0.0500. The minimum Gasteiger partial charge on any atom is -0.312 e. The zero-order chi connectivity index (χ0) is 12.3. The molecule has 0 aliphatic heterocycles. The molecule has 0 heterocycles. The zero-order valence-electron chi connectivity index (χ0n) is 9.56. The first-order chi connectivity index (χ1) is 8.18. The van der Waals surface area contributed by atoms with Gasteiger partial charge in [-0.2, -0.15) is 0 Å². The first-order valence-electron chi connectivity index (χ1n) is 5.96. The van der Waals surface area contributed by atoms with Crippen LogP contribution in [0.2, 0.25) is 10.0 Å². The van der Waals surface area contributed by atoms with Gasteiger partial charge in [0, 0.05) is 27.5 Å². The predicted octanol–water partition coefficient (Wildman–Crippen LogP) is 4.49. The average Bonchev–Trinajstić information content (AvgIpc) is 2.69. The van der Waals surface area contributed by atoms with E-state index in [2.05, 4.69) is 5.32 Å². The molecule has 17 heavy (non-hydrogen) atoms. The van der Waals surface area contributed by atoms with Crippen LogP contribution in [0.3, 0.4) is 0 Å². The SMILES string of the molecule is Clc1cccc(Cl)c1CNCC1CCCC1Cl. The molecule has 0 aromatic heterocycles. The molecule has 1 aliphatic rings. The molecule has 0 saturated heterocycles. The first kappa shape index (κ1) is 13.5. The molecule has 1 saturated carbocycles. The van der Waals surface area contributed by atoms with E-state index in [1.165, 1.54) is 12.8 Å². The van der Waals surface area contributed by atoms with Crippen molar-refractivity contribution in [3.63, 3.8) is 0 Å². The summed E-state index contributed by atoms with van der Waals surface area (Å²) in [5, 5.41) is 5.17. The Bertz CT molecular complexity index is 361. The minimum atomic E-state index is 0.323. The molecule has 1 N–H and O–H groups in total. The van der Waals surface area contributed by atoms with E-state index in [1.807, 2.05) is 18.2 Å². The molecule has 2 rings (SSSR count). The summed E-state index contributed by atoms with van der Waals surface area (Å²) in [4.78, 5) is 0. The van der Waals surface area contributed by atoms with Crippen LogP contribution in [-0.4, -0.2) is 11.9 Å². The summed E-state index contributed by atoms with van der Waals surface area (Å²) in [6, 6.07) is 5.59. The monoisotopic (exact) mass is 291 g/mol. The minimum absolute atomic E-state index is 0.323. The third-order valence-electron chi connectivity index (χ3n) is 3.34. The number of alkyl halides is 1. The van der Waals surface area contributed by atoms with Gasteiger partial charge in [-0.25, -0.2) is 0 Å². The molecule has 1 aromatic rings. The number of hydrogen-bond acceptors (Lipinski definition) is 1. The molecule has 2 atom stereocenters. The van der Waals surface area contributed by atoms with E-state index in [1.54, 1.807) is 0 Å². The first-order valence-corrected chi connectivity index (χ1v) is 7.15. The van der Waals surface area contributed by atoms with E-state index in [-0.39, 0.29) is 0 Å². The van der Waals surface area contributed by atoms with Crippen molar-refractivity contribution in [3.8, 4) is 0 Å². The van der Waals surface area contributed by atoms with Crippen molar-refractivity contribution in [2.24, 2.45) is 5.92 Å². The lowest BCUT2D eigenvalue weighted by molar-refractivity contribution is 0.494. The van der Waals surface area contributed by atoms with Gasteiger partial charge >= 0.3 is 0 Å². The Morgan fingerprint density at radius 1 is 1.18 bits per heavy atom. The summed E-state index contributed by atoms with van der Waals surface area (Å²) in [7, 11) is 0. The Balaban J connectivity index is 1.86. The number of halogens is 3. The van der Waals surface area contributed by atoms with E-state index in [4.69, 9.17) is 34.8 Å². The van der Waals surface area contributed by atoms with Crippen LogP contribution >= 0.6 is 34.8 Å². The van der Waals surface area contributed by atoms with Crippen LogP contribution < -0.4 is 5.32 Å². The molecule has 0 bridgehead atoms. The highest BCUT2D eigenvalue weighted by Crippen LogP contribution is 2.30. The van der Waals surface area contributed by atoms with E-state index in [9.17, 15) is 0 Å². The molecule has 1 aromatic carbocycles. The van der Waals surface area contributed by atoms with Crippen LogP contribution in [0.15, 0.2) is 18.2 Å². The maximum atomic E-state index is 6.23. The zero-order valence-corrected chi connectivity index (χ0v) is 11.8. The molecule has 0 amide bonds. The standard InChI is InChI=1S/C13H16Cl3N/c14-11-4-1-3-9(11)7-17-8-10-12(15)5-2-6-13(10)16/h2,5-6,9,11,17H,1,3-4,7-8H2. The lowest BCUT2D eigenvalue weighted by Gasteiger charge is -2.15. The number of rotatable bonds is 4. The fourth-order valence-electron chi connectivity index (χ4n) is 2.31. The van der Waals surface area contributed by atoms with E-state index >= 15 is 0 Å². The molecule has 4 heteroatoms. The van der Waals surface area contributed by atoms with Crippen molar-refractivity contribution in [1.29, 1.82) is 0 Å². The third-order valence-corrected chi connectivity index (χ3v) is 4.62. The highest BCUT2D eigenvalue weighted by atomic mass is 35.5. The van der Waals surface area contributed by atoms with Gasteiger partial charge in [-0.1, -0.05) is 35.7 Å². The van der Waals surface area contributed by atoms with E-state index in [0.717, 1.165) is 28.6 Å². The van der Waals surface area contributed by atoms with Crippen LogP contribution in [-0.2, 0) is 6.54 Å². The van der Waals surface area contributed by atoms with Gasteiger partial charge in [-0.05, 0) is 37.4 Å². The van der Waals surface area contributed by atoms with E-state index in [0.29, 0.717) is 17.8 Å². The van der Waals surface area contributed by atoms with Gasteiger partial charge in [0.15, 0.2) is 0 Å². The van der Waals surface area contributed by atoms with Crippen LogP contribution in [0.5, 0.6) is 0 Å². The Labute approximate surface area is 117 Å². The maximum absolute atomic E-state index is 6.23. The number of benzene rings is 1. The molecule has 1 fully saturated rings. The maximum Gasteiger partial charge on any atom is 0.0465 e. The van der Waals surface area contributed by atoms with Gasteiger partial charge in [-0.3, -0.25) is 0 Å². The van der Waals surface area contributed by atoms with Crippen molar-refractivity contribution in [2.45, 2.75) is 31.2 Å². The molecule has 94 valence electrons. The van der Waals surface area contributed by atoms with Crippen molar-refractivity contribution in [2.75, 3.05) is 6.54 Å². The third kappa shape index (κ3) is 3.51. The molecule has 2 unspecified atom stereocenters. The normalized spacial score (nSPS) is 24.2. The molecule has 0 radical (unpaired) electrons. The molecule has 1 nitrogen and oxygen atoms in total. The second-order valence-electron chi connectivity index (χ2n) is 4.54. The fraction of sp³-hybridized carbons (Fsp3) is 0.538. The second kappa shape index (κ2) is 6.29. The predicted molar refractivity (Wildman–Crippen MR) is 75.2 cm³/mol. The van der Waals surface area contributed by atoms with Crippen LogP contribution in [0.25, 0.3) is 0 Å². The summed E-state index contributed by atoms with van der Waals surface area (Å²) < 4.78 is 0. The number of hydrogen-bond donors (Lipinski definition) is 1. The van der Waals surface area contributed by atoms with Crippen molar-refractivity contribution in [3.05, 3.63) is 33.8 Å². The highest BCUT2D eigenvalue weighted by molar-refractivity contribution is 6.35. The molecule has 0 spiro atoms. The van der Waals surface area contributed by atoms with Gasteiger partial charge in [0.2, 0.25) is 0 Å². The smallest absolute Gasteiger partial charge is 0.0465 e. The summed E-state index contributed by atoms with van der Waals surface area (Å²) in [6.45, 7) is 1.65. The largest absolute Gasteiger partial charge is 0.312 e. The van der Waals surface area contributed by atoms with Crippen LogP contribution in [0, 0.1) is 5.92 Å². The van der Waals surface area contributed by atoms with Gasteiger partial charge in [0.05, 0.1) is 0 Å². The lowest BCUT2D eigenvalue weighted by atomic mass is 10.1. The van der Waals surface area contributed by atoms with Gasteiger partial charge in [-0.15, -0.1) is 11.6 Å². The quantitative estimate of drug-likeness (QED) is 0.806. The fourth-order valence-corrected chi connectivity index (χ4v) is 3.21. The highest BCUT2D eigenvalue weighted by Gasteiger charge is 2.24. The van der Waals surface area contributed by atoms with Gasteiger partial charge < -0.3 is 5.32 Å². The summed E-state index contributed by atoms with van der Waals surface area (Å²) in [5.41, 5.74) is 0.972. The Morgan fingerprint density at radius 3 is 2.47 bits per heavy atom. The average molecular weight is 293 g/mol. The van der Waals surface area contributed by atoms with Crippen LogP contribution in [0.4, 0.5) is 0 Å². The summed E-state index contributed by atoms with van der Waals surface area (Å²) >= 11 is 18.4. The Morgan fingerprint density at radius 2 is 1.88 bits per heavy atom. The molecular weight excluding hydrogens is 277 g/mol. The van der Waals surface area contributed by atoms with Gasteiger partial charge in [0.1, 0.15) is 0 Å². The lowest BCUT2D eigenvalue weighted by Crippen LogP contribution is -2.25. The molecular formula is C13H16Cl3N. The van der Waals surface area contributed by atoms with E-state index < -0.39 is 0 Å². The van der Waals surface area contributed by atoms with Crippen molar-refractivity contribution >= 4 is 34.8 Å². The topological polar surface area (TPSA) is 12.0 Å². The molecule has 1 aliphatic carbocycles. The second-order valence-corrected chi connectivity index (χ2v) is 5.91. The Kier molecular flexibility index (Phi) is 4.98.